The third kappa shape index (κ3) is 27.5. The molecule has 17 atom stereocenters. The summed E-state index contributed by atoms with van der Waals surface area (Å²) in [5, 5.41) is 62.0. The second kappa shape index (κ2) is 40.6. The molecule has 20 N–H and O–H groups in total. The van der Waals surface area contributed by atoms with Gasteiger partial charge in [0.1, 0.15) is 0 Å². The van der Waals surface area contributed by atoms with Gasteiger partial charge in [-0.15, -0.1) is 0 Å². The summed E-state index contributed by atoms with van der Waals surface area (Å²) in [6.45, 7) is 19.8. The van der Waals surface area contributed by atoms with E-state index < -0.39 is 145 Å². The Morgan fingerprint density at radius 2 is 0.694 bits per heavy atom. The van der Waals surface area contributed by atoms with Crippen LogP contribution in [0.4, 0.5) is 0 Å². The molecular weight excluding hydrogens is 1260 g/mol. The van der Waals surface area contributed by atoms with Gasteiger partial charge >= 0.3 is 0 Å². The highest BCUT2D eigenvalue weighted by Gasteiger charge is 2.42. The Bertz CT molecular complexity index is 2680. The van der Waals surface area contributed by atoms with Crippen molar-refractivity contribution in [3.05, 3.63) is 0 Å². The van der Waals surface area contributed by atoms with E-state index in [1.54, 1.807) is 0 Å². The first-order chi connectivity index (χ1) is 46.3. The number of aliphatic hydroxyl groups is 2. The summed E-state index contributed by atoms with van der Waals surface area (Å²) in [4.78, 5) is 161. The van der Waals surface area contributed by atoms with Crippen LogP contribution in [-0.2, 0) is 57.5 Å². The van der Waals surface area contributed by atoms with Crippen molar-refractivity contribution in [2.75, 3.05) is 52.5 Å². The largest absolute Gasteiger partial charge is 0.394 e. The standard InChI is InChI=1S/C68H120N16O14/c1-35(2)17-40(75-62(92)25-52(38(7)8)84-68(98)49-29-73-32-56(49)81-63(93)26-53(39(9)10)83-66(96)46-14-12-16-51(46)82-65(95)45-13-11-15-50(45)69)20-57(87)76-43(33-85)23-59(89)74-41(18-36(3)4)21-60(90)80-55-31-72-28-48(55)67(97)78-42(19-37(5)6)22-58(88)77-44(34-86)24-61(91)79-54-30-71-27-47(54)64(70)94/h35-56,71-73,85-86H,11-34,69H2,1-10H3,(H2,70,94)(H,74,89)(H,75,92)(H,76,87)(H,77,88)(H,78,97)(H,79,91)(H,80,90)(H,81,93)(H,82,95)(H,83,96)(H,84,98)/t40-,41-,42-,43+,44+,45-,46-,47-,48-,49-,50-,51-,52+,53+,54-,55-,56-/m0/s1. The number of amides is 12. The van der Waals surface area contributed by atoms with E-state index in [-0.39, 0.29) is 136 Å². The van der Waals surface area contributed by atoms with Gasteiger partial charge in [-0.2, -0.15) is 0 Å². The third-order valence-corrected chi connectivity index (χ3v) is 19.6. The van der Waals surface area contributed by atoms with Gasteiger partial charge in [-0.3, -0.25) is 57.5 Å². The Morgan fingerprint density at radius 3 is 1.11 bits per heavy atom. The van der Waals surface area contributed by atoms with E-state index >= 15 is 0 Å². The van der Waals surface area contributed by atoms with Gasteiger partial charge in [0, 0.05) is 127 Å². The van der Waals surface area contributed by atoms with Crippen molar-refractivity contribution >= 4 is 70.9 Å². The molecular formula is C68H120N16O14. The molecule has 3 heterocycles. The quantitative estimate of drug-likeness (QED) is 0.0303. The van der Waals surface area contributed by atoms with Gasteiger partial charge in [-0.25, -0.2) is 0 Å². The average molecular weight is 1390 g/mol. The summed E-state index contributed by atoms with van der Waals surface area (Å²) in [7, 11) is 0. The van der Waals surface area contributed by atoms with Crippen LogP contribution in [0.3, 0.4) is 0 Å². The fourth-order valence-electron chi connectivity index (χ4n) is 14.3. The minimum absolute atomic E-state index is 0.0234. The molecule has 2 aliphatic carbocycles. The zero-order valence-corrected chi connectivity index (χ0v) is 59.6. The number of carbonyl (C=O) groups excluding carboxylic acids is 12. The van der Waals surface area contributed by atoms with E-state index in [1.807, 2.05) is 69.2 Å². The van der Waals surface area contributed by atoms with Gasteiger partial charge in [0.15, 0.2) is 0 Å². The van der Waals surface area contributed by atoms with Crippen LogP contribution in [0.5, 0.6) is 0 Å². The van der Waals surface area contributed by atoms with Crippen molar-refractivity contribution in [3.8, 4) is 0 Å². The topological polar surface area (TPSA) is 466 Å². The van der Waals surface area contributed by atoms with Crippen LogP contribution in [0.1, 0.15) is 172 Å². The minimum atomic E-state index is -1.02. The molecule has 3 aliphatic heterocycles. The average Bonchev–Trinajstić information content (AvgIpc) is 1.69. The molecule has 2 saturated carbocycles. The molecule has 30 nitrogen and oxygen atoms in total. The Morgan fingerprint density at radius 1 is 0.357 bits per heavy atom. The number of hydrogen-bond donors (Lipinski definition) is 18. The first-order valence-electron chi connectivity index (χ1n) is 36.0. The molecule has 30 heteroatoms. The summed E-state index contributed by atoms with van der Waals surface area (Å²) < 4.78 is 0. The van der Waals surface area contributed by atoms with Crippen LogP contribution < -0.4 is 85.9 Å². The first-order valence-corrected chi connectivity index (χ1v) is 36.0. The monoisotopic (exact) mass is 1380 g/mol. The second-order valence-electron chi connectivity index (χ2n) is 30.2. The molecule has 0 aromatic carbocycles. The van der Waals surface area contributed by atoms with E-state index in [0.717, 1.165) is 25.7 Å². The summed E-state index contributed by atoms with van der Waals surface area (Å²) in [6.07, 6.45) is 4.55. The molecule has 12 amide bonds. The maximum atomic E-state index is 14.0. The first kappa shape index (κ1) is 82.1. The number of carbonyl (C=O) groups is 12. The van der Waals surface area contributed by atoms with E-state index in [2.05, 4.69) is 74.4 Å². The summed E-state index contributed by atoms with van der Waals surface area (Å²) in [5.74, 6) is -7.65. The predicted octanol–water partition coefficient (Wildman–Crippen LogP) is -2.44. The lowest BCUT2D eigenvalue weighted by Gasteiger charge is -2.29. The molecule has 556 valence electrons. The lowest BCUT2D eigenvalue weighted by atomic mass is 9.95. The number of nitrogens with two attached hydrogens (primary N) is 2. The van der Waals surface area contributed by atoms with Gasteiger partial charge in [0.25, 0.3) is 0 Å². The minimum Gasteiger partial charge on any atom is -0.394 e. The Hall–Kier alpha value is -6.60. The van der Waals surface area contributed by atoms with E-state index in [4.69, 9.17) is 11.5 Å². The zero-order valence-electron chi connectivity index (χ0n) is 59.6. The van der Waals surface area contributed by atoms with Crippen LogP contribution >= 0.6 is 0 Å². The van der Waals surface area contributed by atoms with Crippen LogP contribution in [-0.4, -0.2) is 206 Å². The molecule has 5 aliphatic rings. The smallest absolute Gasteiger partial charge is 0.226 e. The Kier molecular flexibility index (Phi) is 34.0. The van der Waals surface area contributed by atoms with Crippen molar-refractivity contribution in [2.24, 2.45) is 70.6 Å². The van der Waals surface area contributed by atoms with E-state index in [9.17, 15) is 67.7 Å². The number of aliphatic hydroxyl groups excluding tert-OH is 2. The maximum absolute atomic E-state index is 14.0. The van der Waals surface area contributed by atoms with Crippen LogP contribution in [0.15, 0.2) is 0 Å². The number of hydrogen-bond acceptors (Lipinski definition) is 18. The molecule has 0 unspecified atom stereocenters. The molecule has 0 radical (unpaired) electrons. The Balaban J connectivity index is 1.07. The molecule has 3 saturated heterocycles. The molecule has 0 bridgehead atoms. The zero-order chi connectivity index (χ0) is 72.5. The maximum Gasteiger partial charge on any atom is 0.226 e. The number of rotatable bonds is 40. The van der Waals surface area contributed by atoms with Gasteiger partial charge in [0.05, 0.1) is 73.0 Å². The fourth-order valence-corrected chi connectivity index (χ4v) is 14.3. The second-order valence-corrected chi connectivity index (χ2v) is 30.2. The molecule has 0 spiro atoms. The van der Waals surface area contributed by atoms with Gasteiger partial charge < -0.3 is 96.1 Å². The molecule has 0 aromatic heterocycles. The lowest BCUT2D eigenvalue weighted by Crippen LogP contribution is -2.53. The van der Waals surface area contributed by atoms with Crippen LogP contribution in [0.25, 0.3) is 0 Å². The van der Waals surface area contributed by atoms with Gasteiger partial charge in [-0.1, -0.05) is 82.1 Å². The van der Waals surface area contributed by atoms with Crippen LogP contribution in [0, 0.1) is 59.2 Å². The van der Waals surface area contributed by atoms with Crippen molar-refractivity contribution < 1.29 is 67.7 Å². The Labute approximate surface area is 578 Å². The SMILES string of the molecule is CC(C)C[C@@H](CC(=O)N[C@@H](CO)CC(=O)N[C@H](CC(=O)N[C@H]1CNC[C@@H]1C(=O)N[C@H](CC(=O)N[C@@H](CO)CC(=O)N[C@H]1CNC[C@@H]1C(N)=O)CC(C)C)CC(C)C)NC(=O)C[C@@H](NC(=O)[C@H]1CNC[C@@H]1NC(=O)C[C@@H](NC(=O)[C@H]1CCC[C@@H]1NC(=O)[C@H]1CCC[C@@H]1N)C(C)C)C(C)C. The van der Waals surface area contributed by atoms with Crippen molar-refractivity contribution in [3.63, 3.8) is 0 Å². The number of nitrogens with one attached hydrogen (secondary N) is 14. The molecule has 5 fully saturated rings. The van der Waals surface area contributed by atoms with Crippen molar-refractivity contribution in [1.29, 1.82) is 0 Å². The third-order valence-electron chi connectivity index (χ3n) is 19.6. The van der Waals surface area contributed by atoms with Crippen molar-refractivity contribution in [1.82, 2.24) is 74.4 Å². The molecule has 0 aromatic rings. The summed E-state index contributed by atoms with van der Waals surface area (Å²) >= 11 is 0. The number of primary amides is 1. The van der Waals surface area contributed by atoms with Crippen LogP contribution in [0.2, 0.25) is 0 Å². The molecule has 5 rings (SSSR count). The van der Waals surface area contributed by atoms with Crippen molar-refractivity contribution in [2.45, 2.75) is 244 Å². The summed E-state index contributed by atoms with van der Waals surface area (Å²) in [5.41, 5.74) is 11.7. The molecule has 98 heavy (non-hydrogen) atoms. The highest BCUT2D eigenvalue weighted by molar-refractivity contribution is 5.88. The normalized spacial score (nSPS) is 25.2. The summed E-state index contributed by atoms with van der Waals surface area (Å²) in [6, 6.07) is -7.25. The van der Waals surface area contributed by atoms with Gasteiger partial charge in [-0.05, 0) is 74.5 Å². The highest BCUT2D eigenvalue weighted by atomic mass is 16.3. The van der Waals surface area contributed by atoms with E-state index in [1.165, 1.54) is 0 Å². The fraction of sp³-hybridized carbons (Fsp3) is 0.824. The predicted molar refractivity (Wildman–Crippen MR) is 367 cm³/mol. The van der Waals surface area contributed by atoms with E-state index in [0.29, 0.717) is 51.7 Å². The lowest BCUT2D eigenvalue weighted by molar-refractivity contribution is -0.131. The van der Waals surface area contributed by atoms with Gasteiger partial charge in [0.2, 0.25) is 70.9 Å². The highest BCUT2D eigenvalue weighted by Crippen LogP contribution is 2.30.